The molecule has 0 amide bonds. The van der Waals surface area contributed by atoms with Crippen molar-refractivity contribution in [1.29, 1.82) is 0 Å². The van der Waals surface area contributed by atoms with E-state index < -0.39 is 0 Å². The minimum Gasteiger partial charge on any atom is -0.399 e. The van der Waals surface area contributed by atoms with E-state index in [0.717, 1.165) is 23.7 Å². The highest BCUT2D eigenvalue weighted by atomic mass is 16.7. The molecule has 32 heavy (non-hydrogen) atoms. The smallest absolute Gasteiger partial charge is 0.399 e. The first kappa shape index (κ1) is 18.8. The summed E-state index contributed by atoms with van der Waals surface area (Å²) in [5.41, 5.74) is 7.66. The van der Waals surface area contributed by atoms with Crippen molar-refractivity contribution in [2.45, 2.75) is 76.4 Å². The maximum Gasteiger partial charge on any atom is 0.494 e. The van der Waals surface area contributed by atoms with Crippen LogP contribution in [0.3, 0.4) is 0 Å². The molecule has 3 bridgehead atoms. The maximum atomic E-state index is 6.43. The molecule has 1 aliphatic heterocycles. The van der Waals surface area contributed by atoms with Gasteiger partial charge in [-0.25, -0.2) is 0 Å². The first-order valence-electron chi connectivity index (χ1n) is 12.9. The third kappa shape index (κ3) is 1.85. The Kier molecular flexibility index (Phi) is 3.17. The summed E-state index contributed by atoms with van der Waals surface area (Å²) in [6, 6.07) is 16.6. The molecule has 4 atom stereocenters. The normalized spacial score (nSPS) is 42.8. The molecule has 2 aromatic carbocycles. The van der Waals surface area contributed by atoms with Gasteiger partial charge in [0.1, 0.15) is 0 Å². The second kappa shape index (κ2) is 5.39. The van der Waals surface area contributed by atoms with Gasteiger partial charge in [-0.2, -0.15) is 0 Å². The zero-order valence-electron chi connectivity index (χ0n) is 19.8. The second-order valence-electron chi connectivity index (χ2n) is 13.0. The highest BCUT2D eigenvalue weighted by molar-refractivity contribution is 6.62. The van der Waals surface area contributed by atoms with Gasteiger partial charge in [-0.3, -0.25) is 0 Å². The molecular weight excluding hydrogens is 391 g/mol. The summed E-state index contributed by atoms with van der Waals surface area (Å²) in [5, 5.41) is 0. The lowest BCUT2D eigenvalue weighted by Gasteiger charge is -2.64. The van der Waals surface area contributed by atoms with Crippen molar-refractivity contribution in [2.75, 3.05) is 0 Å². The van der Waals surface area contributed by atoms with Crippen molar-refractivity contribution in [3.05, 3.63) is 53.6 Å². The molecule has 5 fully saturated rings. The molecule has 164 valence electrons. The topological polar surface area (TPSA) is 18.5 Å². The molecular formula is C29H33BO2. The summed E-state index contributed by atoms with van der Waals surface area (Å²) in [6.45, 7) is 8.57. The van der Waals surface area contributed by atoms with E-state index in [2.05, 4.69) is 70.2 Å². The molecule has 2 spiro atoms. The molecule has 4 saturated carbocycles. The monoisotopic (exact) mass is 424 g/mol. The predicted octanol–water partition coefficient (Wildman–Crippen LogP) is 5.71. The van der Waals surface area contributed by atoms with Gasteiger partial charge >= 0.3 is 7.12 Å². The van der Waals surface area contributed by atoms with E-state index in [4.69, 9.17) is 9.31 Å². The Hall–Kier alpha value is -1.58. The van der Waals surface area contributed by atoms with Gasteiger partial charge in [0, 0.05) is 5.41 Å². The molecule has 2 aromatic rings. The van der Waals surface area contributed by atoms with Crippen molar-refractivity contribution in [1.82, 2.24) is 0 Å². The fraction of sp³-hybridized carbons (Fsp3) is 0.586. The minimum absolute atomic E-state index is 0.268. The zero-order chi connectivity index (χ0) is 21.7. The van der Waals surface area contributed by atoms with Crippen LogP contribution in [-0.2, 0) is 14.7 Å². The van der Waals surface area contributed by atoms with Gasteiger partial charge in [-0.1, -0.05) is 42.5 Å². The SMILES string of the molecule is CC1(C)OB(c2ccc3c(c2)-c2ccccc2C32C3CC4CC5CC2C3(C4)C5)OC1(C)C. The first-order chi connectivity index (χ1) is 15.3. The highest BCUT2D eigenvalue weighted by Gasteiger charge is 2.79. The van der Waals surface area contributed by atoms with Crippen LogP contribution in [-0.4, -0.2) is 18.3 Å². The number of rotatable bonds is 1. The lowest BCUT2D eigenvalue weighted by molar-refractivity contribution is -0.0820. The number of fused-ring (bicyclic) bond motifs is 9. The Balaban J connectivity index is 1.29. The summed E-state index contributed by atoms with van der Waals surface area (Å²) in [7, 11) is -0.292. The van der Waals surface area contributed by atoms with E-state index >= 15 is 0 Å². The number of benzene rings is 2. The van der Waals surface area contributed by atoms with Crippen LogP contribution in [0, 0.1) is 29.1 Å². The molecule has 5 aliphatic carbocycles. The van der Waals surface area contributed by atoms with Gasteiger partial charge in [0.25, 0.3) is 0 Å². The average Bonchev–Trinajstić information content (AvgIpc) is 3.35. The fourth-order valence-electron chi connectivity index (χ4n) is 9.77. The van der Waals surface area contributed by atoms with Gasteiger partial charge in [-0.15, -0.1) is 0 Å². The Labute approximate surface area is 192 Å². The van der Waals surface area contributed by atoms with E-state index in [1.165, 1.54) is 48.7 Å². The largest absolute Gasteiger partial charge is 0.494 e. The van der Waals surface area contributed by atoms with Crippen LogP contribution in [0.1, 0.15) is 70.9 Å². The molecule has 1 heterocycles. The predicted molar refractivity (Wildman–Crippen MR) is 128 cm³/mol. The Morgan fingerprint density at radius 2 is 1.38 bits per heavy atom. The van der Waals surface area contributed by atoms with E-state index in [1.54, 1.807) is 11.1 Å². The van der Waals surface area contributed by atoms with Gasteiger partial charge in [0.05, 0.1) is 11.2 Å². The van der Waals surface area contributed by atoms with Crippen molar-refractivity contribution < 1.29 is 9.31 Å². The lowest BCUT2D eigenvalue weighted by Crippen LogP contribution is -2.62. The second-order valence-corrected chi connectivity index (χ2v) is 13.0. The summed E-state index contributed by atoms with van der Waals surface area (Å²) >= 11 is 0. The van der Waals surface area contributed by atoms with Crippen LogP contribution in [0.25, 0.3) is 11.1 Å². The molecule has 0 radical (unpaired) electrons. The third-order valence-corrected chi connectivity index (χ3v) is 11.3. The van der Waals surface area contributed by atoms with E-state index in [-0.39, 0.29) is 23.7 Å². The van der Waals surface area contributed by atoms with Crippen molar-refractivity contribution in [3.8, 4) is 11.1 Å². The van der Waals surface area contributed by atoms with Crippen molar-refractivity contribution >= 4 is 12.6 Å². The quantitative estimate of drug-likeness (QED) is 0.546. The van der Waals surface area contributed by atoms with Crippen LogP contribution in [0.2, 0.25) is 0 Å². The van der Waals surface area contributed by atoms with Gasteiger partial charge < -0.3 is 9.31 Å². The van der Waals surface area contributed by atoms with Crippen LogP contribution in [0.15, 0.2) is 42.5 Å². The summed E-state index contributed by atoms with van der Waals surface area (Å²) in [4.78, 5) is 0. The van der Waals surface area contributed by atoms with Gasteiger partial charge in [0.2, 0.25) is 0 Å². The molecule has 0 aromatic heterocycles. The zero-order valence-corrected chi connectivity index (χ0v) is 19.8. The van der Waals surface area contributed by atoms with Crippen molar-refractivity contribution in [2.24, 2.45) is 29.1 Å². The Morgan fingerprint density at radius 3 is 2.06 bits per heavy atom. The highest BCUT2D eigenvalue weighted by Crippen LogP contribution is 2.85. The van der Waals surface area contributed by atoms with Crippen LogP contribution < -0.4 is 5.46 Å². The van der Waals surface area contributed by atoms with E-state index in [0.29, 0.717) is 5.41 Å². The van der Waals surface area contributed by atoms with Crippen LogP contribution >= 0.6 is 0 Å². The molecule has 6 aliphatic rings. The fourth-order valence-corrected chi connectivity index (χ4v) is 9.77. The Morgan fingerprint density at radius 1 is 0.750 bits per heavy atom. The van der Waals surface area contributed by atoms with Crippen molar-refractivity contribution in [3.63, 3.8) is 0 Å². The minimum atomic E-state index is -0.307. The Bertz CT molecular complexity index is 1140. The van der Waals surface area contributed by atoms with Gasteiger partial charge in [-0.05, 0) is 117 Å². The third-order valence-electron chi connectivity index (χ3n) is 11.3. The van der Waals surface area contributed by atoms with Crippen LogP contribution in [0.4, 0.5) is 0 Å². The molecule has 1 saturated heterocycles. The molecule has 3 heteroatoms. The standard InChI is InChI=1S/C29H33BO2/c1-26(2)27(3,4)32-30(31-26)19-9-10-23-21(14-19)20-7-5-6-8-22(20)29(23)24-12-17-11-18-13-25(29)28(24,15-17)16-18/h5-10,14,17-18,24-25H,11-13,15-16H2,1-4H3. The van der Waals surface area contributed by atoms with E-state index in [1.807, 2.05) is 0 Å². The van der Waals surface area contributed by atoms with Gasteiger partial charge in [0.15, 0.2) is 0 Å². The summed E-state index contributed by atoms with van der Waals surface area (Å²) in [6.07, 6.45) is 7.47. The lowest BCUT2D eigenvalue weighted by atomic mass is 9.38. The summed E-state index contributed by atoms with van der Waals surface area (Å²) in [5.74, 6) is 3.68. The number of hydrogen-bond acceptors (Lipinski definition) is 2. The summed E-state index contributed by atoms with van der Waals surface area (Å²) < 4.78 is 12.9. The van der Waals surface area contributed by atoms with E-state index in [9.17, 15) is 0 Å². The van der Waals surface area contributed by atoms with Crippen LogP contribution in [0.5, 0.6) is 0 Å². The average molecular weight is 424 g/mol. The number of hydrogen-bond donors (Lipinski definition) is 0. The molecule has 2 nitrogen and oxygen atoms in total. The molecule has 4 unspecified atom stereocenters. The first-order valence-corrected chi connectivity index (χ1v) is 12.9. The molecule has 8 rings (SSSR count). The maximum absolute atomic E-state index is 6.43. The molecule has 0 N–H and O–H groups in total.